The fourth-order valence-electron chi connectivity index (χ4n) is 0.584. The quantitative estimate of drug-likeness (QED) is 0.369. The Balaban J connectivity index is 0.000000424. The molecule has 0 bridgehead atoms. The molecule has 0 aliphatic carbocycles. The number of rotatable bonds is 1. The van der Waals surface area contributed by atoms with E-state index in [1.165, 1.54) is 19.1 Å². The Kier molecular flexibility index (Phi) is 8.53. The van der Waals surface area contributed by atoms with Crippen molar-refractivity contribution >= 4 is 46.5 Å². The summed E-state index contributed by atoms with van der Waals surface area (Å²) in [5, 5.41) is 0. The molecule has 77 valence electrons. The molecule has 13 heavy (non-hydrogen) atoms. The van der Waals surface area contributed by atoms with Gasteiger partial charge in [0.05, 0.1) is 6.20 Å². The van der Waals surface area contributed by atoms with Gasteiger partial charge in [-0.3, -0.25) is 9.78 Å². The van der Waals surface area contributed by atoms with Gasteiger partial charge in [-0.1, -0.05) is 0 Å². The number of hydrogen-bond donors (Lipinski definition) is 0. The molecular formula is C7H6CuFI2NO. The molecule has 1 aromatic rings. The summed E-state index contributed by atoms with van der Waals surface area (Å²) >= 11 is 4.36. The number of halogens is 3. The van der Waals surface area contributed by atoms with Gasteiger partial charge in [-0.15, -0.1) is 0 Å². The predicted molar refractivity (Wildman–Crippen MR) is 62.2 cm³/mol. The van der Waals surface area contributed by atoms with Gasteiger partial charge in [0.1, 0.15) is 11.5 Å². The zero-order chi connectivity index (χ0) is 10.3. The van der Waals surface area contributed by atoms with E-state index in [-0.39, 0.29) is 5.78 Å². The molecule has 0 saturated carbocycles. The van der Waals surface area contributed by atoms with E-state index in [1.807, 2.05) is 0 Å². The van der Waals surface area contributed by atoms with E-state index in [0.29, 0.717) is 5.69 Å². The summed E-state index contributed by atoms with van der Waals surface area (Å²) in [4.78, 5) is 14.1. The number of ketones is 1. The maximum atomic E-state index is 12.2. The summed E-state index contributed by atoms with van der Waals surface area (Å²) < 4.78 is 12.2. The van der Waals surface area contributed by atoms with Gasteiger partial charge >= 0.3 is 49.1 Å². The van der Waals surface area contributed by atoms with Crippen LogP contribution >= 0.6 is 40.7 Å². The molecular weight excluding hydrogens is 450 g/mol. The summed E-state index contributed by atoms with van der Waals surface area (Å²) in [7, 11) is 1.75. The van der Waals surface area contributed by atoms with Crippen molar-refractivity contribution in [2.24, 2.45) is 0 Å². The second kappa shape index (κ2) is 8.07. The van der Waals surface area contributed by atoms with Gasteiger partial charge < -0.3 is 0 Å². The molecule has 0 spiro atoms. The Bertz CT molecular complexity index is 268. The SMILES string of the molecule is CC(=O)c1ccc(F)cn1.[I][Cu][I]. The van der Waals surface area contributed by atoms with Crippen molar-refractivity contribution in [2.45, 2.75) is 6.92 Å². The molecule has 0 radical (unpaired) electrons. The topological polar surface area (TPSA) is 30.0 Å². The second-order valence-electron chi connectivity index (χ2n) is 1.96. The molecule has 1 aromatic heterocycles. The number of aromatic nitrogens is 1. The van der Waals surface area contributed by atoms with Gasteiger partial charge in [0.2, 0.25) is 0 Å². The van der Waals surface area contributed by atoms with E-state index >= 15 is 0 Å². The average molecular weight is 456 g/mol. The van der Waals surface area contributed by atoms with E-state index in [0.717, 1.165) is 6.20 Å². The van der Waals surface area contributed by atoms with Gasteiger partial charge in [-0.25, -0.2) is 4.39 Å². The van der Waals surface area contributed by atoms with Gasteiger partial charge in [0, 0.05) is 6.92 Å². The summed E-state index contributed by atoms with van der Waals surface area (Å²) in [6, 6.07) is 2.57. The van der Waals surface area contributed by atoms with Crippen LogP contribution < -0.4 is 0 Å². The Labute approximate surface area is 105 Å². The molecule has 1 rings (SSSR count). The van der Waals surface area contributed by atoms with Crippen LogP contribution in [0.3, 0.4) is 0 Å². The summed E-state index contributed by atoms with van der Waals surface area (Å²) in [6.07, 6.45) is 1.02. The molecule has 0 aromatic carbocycles. The van der Waals surface area contributed by atoms with Crippen molar-refractivity contribution < 1.29 is 17.6 Å². The van der Waals surface area contributed by atoms with Crippen molar-refractivity contribution in [3.05, 3.63) is 29.8 Å². The van der Waals surface area contributed by atoms with Crippen molar-refractivity contribution in [1.82, 2.24) is 4.98 Å². The van der Waals surface area contributed by atoms with Crippen LogP contribution in [0.1, 0.15) is 17.4 Å². The number of nitrogens with zero attached hydrogens (tertiary/aromatic N) is 1. The van der Waals surface area contributed by atoms with Crippen LogP contribution in [-0.2, 0) is 8.46 Å². The number of carbonyl (C=O) groups excluding carboxylic acids is 1. The molecule has 0 fully saturated rings. The third kappa shape index (κ3) is 6.75. The van der Waals surface area contributed by atoms with Gasteiger partial charge in [-0.2, -0.15) is 0 Å². The Morgan fingerprint density at radius 3 is 2.38 bits per heavy atom. The van der Waals surface area contributed by atoms with Crippen LogP contribution in [0.5, 0.6) is 0 Å². The molecule has 0 atom stereocenters. The zero-order valence-corrected chi connectivity index (χ0v) is 11.8. The third-order valence-corrected chi connectivity index (χ3v) is 1.09. The molecule has 1 heterocycles. The molecule has 0 aliphatic heterocycles. The normalized spacial score (nSPS) is 8.92. The van der Waals surface area contributed by atoms with Gasteiger partial charge in [-0.05, 0) is 12.1 Å². The summed E-state index contributed by atoms with van der Waals surface area (Å²) in [5.74, 6) is -0.579. The molecule has 0 saturated heterocycles. The molecule has 0 aliphatic rings. The van der Waals surface area contributed by atoms with E-state index in [9.17, 15) is 9.18 Å². The standard InChI is InChI=1S/C7H6FNO.Cu.2HI/c1-5(10)7-3-2-6(8)4-9-7;;;/h2-4H,1H3;;2*1H/q;+2;;/p-2. The Morgan fingerprint density at radius 2 is 2.08 bits per heavy atom. The zero-order valence-electron chi connectivity index (χ0n) is 6.52. The van der Waals surface area contributed by atoms with Crippen molar-refractivity contribution in [3.63, 3.8) is 0 Å². The van der Waals surface area contributed by atoms with Crippen LogP contribution in [0.4, 0.5) is 4.39 Å². The Morgan fingerprint density at radius 1 is 1.54 bits per heavy atom. The predicted octanol–water partition coefficient (Wildman–Crippen LogP) is 3.19. The minimum absolute atomic E-state index is 0.153. The van der Waals surface area contributed by atoms with E-state index in [2.05, 4.69) is 45.7 Å². The van der Waals surface area contributed by atoms with E-state index in [4.69, 9.17) is 0 Å². The van der Waals surface area contributed by atoms with E-state index < -0.39 is 5.82 Å². The van der Waals surface area contributed by atoms with Crippen molar-refractivity contribution in [3.8, 4) is 0 Å². The molecule has 6 heteroatoms. The summed E-state index contributed by atoms with van der Waals surface area (Å²) in [6.45, 7) is 1.39. The fourth-order valence-corrected chi connectivity index (χ4v) is 0.584. The number of hydrogen-bond acceptors (Lipinski definition) is 2. The summed E-state index contributed by atoms with van der Waals surface area (Å²) in [5.41, 5.74) is 0.293. The first-order valence-corrected chi connectivity index (χ1v) is 9.13. The number of carbonyl (C=O) groups is 1. The first-order valence-electron chi connectivity index (χ1n) is 3.05. The third-order valence-electron chi connectivity index (χ3n) is 1.09. The van der Waals surface area contributed by atoms with Crippen LogP contribution in [0.25, 0.3) is 0 Å². The van der Waals surface area contributed by atoms with Crippen LogP contribution in [0.2, 0.25) is 0 Å². The number of pyridine rings is 1. The monoisotopic (exact) mass is 456 g/mol. The van der Waals surface area contributed by atoms with Crippen LogP contribution in [-0.4, -0.2) is 10.8 Å². The van der Waals surface area contributed by atoms with Gasteiger partial charge in [0.15, 0.2) is 5.78 Å². The fraction of sp³-hybridized carbons (Fsp3) is 0.143. The van der Waals surface area contributed by atoms with Crippen molar-refractivity contribution in [1.29, 1.82) is 0 Å². The Hall–Kier alpha value is 0.729. The molecule has 0 unspecified atom stereocenters. The van der Waals surface area contributed by atoms with Crippen LogP contribution in [0, 0.1) is 5.82 Å². The minimum atomic E-state index is -0.426. The number of Topliss-reactive ketones (excluding diaryl/α,β-unsaturated/α-hetero) is 1. The van der Waals surface area contributed by atoms with Crippen LogP contribution in [0.15, 0.2) is 18.3 Å². The van der Waals surface area contributed by atoms with E-state index in [1.54, 1.807) is 8.46 Å². The first kappa shape index (κ1) is 13.7. The molecule has 2 nitrogen and oxygen atoms in total. The maximum absolute atomic E-state index is 12.2. The second-order valence-corrected chi connectivity index (χ2v) is 9.91. The van der Waals surface area contributed by atoms with Crippen molar-refractivity contribution in [2.75, 3.05) is 0 Å². The molecule has 0 amide bonds. The average Bonchev–Trinajstić information content (AvgIpc) is 2.06. The first-order chi connectivity index (χ1) is 6.11. The van der Waals surface area contributed by atoms with Gasteiger partial charge in [0.25, 0.3) is 0 Å². The molecule has 0 N–H and O–H groups in total.